The van der Waals surface area contributed by atoms with Crippen LogP contribution in [0.3, 0.4) is 0 Å². The second-order valence-corrected chi connectivity index (χ2v) is 5.55. The zero-order chi connectivity index (χ0) is 18.4. The van der Waals surface area contributed by atoms with E-state index < -0.39 is 18.5 Å². The van der Waals surface area contributed by atoms with Crippen LogP contribution >= 0.6 is 0 Å². The number of carbonyl (C=O) groups excluding carboxylic acids is 2. The fourth-order valence-electron chi connectivity index (χ4n) is 2.50. The minimum absolute atomic E-state index is 0.116. The van der Waals surface area contributed by atoms with E-state index in [0.717, 1.165) is 5.56 Å². The maximum atomic E-state index is 12.2. The van der Waals surface area contributed by atoms with Gasteiger partial charge in [-0.3, -0.25) is 4.79 Å². The molecule has 134 valence electrons. The lowest BCUT2D eigenvalue weighted by Crippen LogP contribution is -2.24. The minimum Gasteiger partial charge on any atom is -0.492 e. The van der Waals surface area contributed by atoms with Crippen molar-refractivity contribution in [1.29, 1.82) is 0 Å². The molecule has 1 N–H and O–H groups in total. The molecule has 1 aliphatic rings. The Morgan fingerprint density at radius 1 is 1.12 bits per heavy atom. The number of amides is 1. The Morgan fingerprint density at radius 2 is 1.88 bits per heavy atom. The van der Waals surface area contributed by atoms with E-state index in [2.05, 4.69) is 5.32 Å². The molecule has 6 heteroatoms. The smallest absolute Gasteiger partial charge is 0.338 e. The number of hydrogen-bond acceptors (Lipinski definition) is 5. The number of ether oxygens (including phenoxy) is 3. The highest BCUT2D eigenvalue weighted by atomic mass is 16.5. The van der Waals surface area contributed by atoms with Crippen molar-refractivity contribution in [1.82, 2.24) is 0 Å². The second kappa shape index (κ2) is 8.20. The summed E-state index contributed by atoms with van der Waals surface area (Å²) in [6.07, 6.45) is 1.71. The molecule has 0 unspecified atom stereocenters. The summed E-state index contributed by atoms with van der Waals surface area (Å²) < 4.78 is 16.1. The lowest BCUT2D eigenvalue weighted by atomic mass is 10.1. The summed E-state index contributed by atoms with van der Waals surface area (Å²) in [5.74, 6) is 0.264. The Balaban J connectivity index is 1.57. The normalized spacial score (nSPS) is 12.3. The van der Waals surface area contributed by atoms with Gasteiger partial charge in [0.2, 0.25) is 0 Å². The largest absolute Gasteiger partial charge is 0.492 e. The van der Waals surface area contributed by atoms with Gasteiger partial charge in [0.15, 0.2) is 6.61 Å². The second-order valence-electron chi connectivity index (χ2n) is 5.55. The van der Waals surface area contributed by atoms with Crippen LogP contribution in [0.1, 0.15) is 12.5 Å². The number of benzene rings is 2. The van der Waals surface area contributed by atoms with E-state index in [1.807, 2.05) is 37.3 Å². The Labute approximate surface area is 151 Å². The fraction of sp³-hybridized carbons (Fsp3) is 0.200. The third-order valence-corrected chi connectivity index (χ3v) is 3.69. The molecule has 26 heavy (non-hydrogen) atoms. The summed E-state index contributed by atoms with van der Waals surface area (Å²) in [4.78, 5) is 24.2. The average Bonchev–Trinajstić information content (AvgIpc) is 2.67. The molecule has 1 heterocycles. The molecule has 0 fully saturated rings. The van der Waals surface area contributed by atoms with Crippen LogP contribution in [0.15, 0.2) is 54.1 Å². The van der Waals surface area contributed by atoms with Crippen LogP contribution in [0, 0.1) is 0 Å². The third kappa shape index (κ3) is 4.22. The number of carbonyl (C=O) groups is 2. The number of fused-ring (bicyclic) bond motifs is 1. The van der Waals surface area contributed by atoms with Crippen molar-refractivity contribution in [3.63, 3.8) is 0 Å². The summed E-state index contributed by atoms with van der Waals surface area (Å²) in [7, 11) is 0. The highest BCUT2D eigenvalue weighted by molar-refractivity contribution is 5.98. The van der Waals surface area contributed by atoms with Gasteiger partial charge in [-0.25, -0.2) is 4.79 Å². The third-order valence-electron chi connectivity index (χ3n) is 3.69. The predicted octanol–water partition coefficient (Wildman–Crippen LogP) is 3.04. The van der Waals surface area contributed by atoms with Gasteiger partial charge < -0.3 is 19.5 Å². The van der Waals surface area contributed by atoms with Crippen LogP contribution in [0.2, 0.25) is 0 Å². The summed E-state index contributed by atoms with van der Waals surface area (Å²) in [6, 6.07) is 14.5. The Kier molecular flexibility index (Phi) is 5.53. The van der Waals surface area contributed by atoms with Crippen molar-refractivity contribution in [2.24, 2.45) is 0 Å². The maximum Gasteiger partial charge on any atom is 0.338 e. The summed E-state index contributed by atoms with van der Waals surface area (Å²) >= 11 is 0. The number of hydrogen-bond donors (Lipinski definition) is 1. The quantitative estimate of drug-likeness (QED) is 0.808. The molecule has 3 rings (SSSR count). The number of para-hydroxylation sites is 3. The topological polar surface area (TPSA) is 73.9 Å². The van der Waals surface area contributed by atoms with E-state index >= 15 is 0 Å². The van der Waals surface area contributed by atoms with Crippen molar-refractivity contribution in [2.45, 2.75) is 6.92 Å². The lowest BCUT2D eigenvalue weighted by molar-refractivity contribution is -0.143. The van der Waals surface area contributed by atoms with Gasteiger partial charge in [0, 0.05) is 5.56 Å². The van der Waals surface area contributed by atoms with Crippen molar-refractivity contribution in [3.8, 4) is 11.5 Å². The molecule has 1 amide bonds. The highest BCUT2D eigenvalue weighted by Crippen LogP contribution is 2.26. The van der Waals surface area contributed by atoms with Gasteiger partial charge in [0.1, 0.15) is 18.1 Å². The van der Waals surface area contributed by atoms with E-state index in [0.29, 0.717) is 29.4 Å². The number of rotatable bonds is 6. The average molecular weight is 353 g/mol. The summed E-state index contributed by atoms with van der Waals surface area (Å²) in [5, 5.41) is 2.68. The van der Waals surface area contributed by atoms with Crippen molar-refractivity contribution in [2.75, 3.05) is 25.1 Å². The molecular weight excluding hydrogens is 334 g/mol. The molecule has 0 radical (unpaired) electrons. The van der Waals surface area contributed by atoms with E-state index in [1.54, 1.807) is 24.3 Å². The first-order valence-electron chi connectivity index (χ1n) is 8.28. The van der Waals surface area contributed by atoms with Gasteiger partial charge in [0.25, 0.3) is 5.91 Å². The first kappa shape index (κ1) is 17.5. The Hall–Kier alpha value is -3.28. The molecule has 0 aromatic heterocycles. The molecule has 2 aromatic rings. The monoisotopic (exact) mass is 353 g/mol. The van der Waals surface area contributed by atoms with Crippen LogP contribution in [-0.4, -0.2) is 31.7 Å². The lowest BCUT2D eigenvalue weighted by Gasteiger charge is -2.17. The van der Waals surface area contributed by atoms with Crippen LogP contribution in [0.25, 0.3) is 6.08 Å². The molecule has 0 spiro atoms. The molecule has 0 bridgehead atoms. The number of nitrogens with one attached hydrogen (secondary N) is 1. The SMILES string of the molecule is CCOc1ccccc1NC(=O)COC(=O)C1=Cc2ccccc2OC1. The van der Waals surface area contributed by atoms with Crippen molar-refractivity contribution in [3.05, 3.63) is 59.7 Å². The van der Waals surface area contributed by atoms with Crippen LogP contribution in [0.4, 0.5) is 5.69 Å². The molecule has 0 atom stereocenters. The van der Waals surface area contributed by atoms with E-state index in [4.69, 9.17) is 14.2 Å². The number of anilines is 1. The predicted molar refractivity (Wildman–Crippen MR) is 97.1 cm³/mol. The van der Waals surface area contributed by atoms with Crippen molar-refractivity contribution < 1.29 is 23.8 Å². The van der Waals surface area contributed by atoms with Gasteiger partial charge >= 0.3 is 5.97 Å². The Bertz CT molecular complexity index is 844. The molecular formula is C20H19NO5. The van der Waals surface area contributed by atoms with E-state index in [-0.39, 0.29) is 6.61 Å². The van der Waals surface area contributed by atoms with Crippen LogP contribution in [-0.2, 0) is 14.3 Å². The summed E-state index contributed by atoms with van der Waals surface area (Å²) in [5.41, 5.74) is 1.71. The van der Waals surface area contributed by atoms with Crippen molar-refractivity contribution >= 4 is 23.6 Å². The van der Waals surface area contributed by atoms with Gasteiger partial charge in [-0.05, 0) is 31.2 Å². The molecule has 1 aliphatic heterocycles. The fourth-order valence-corrected chi connectivity index (χ4v) is 2.50. The zero-order valence-corrected chi connectivity index (χ0v) is 14.4. The highest BCUT2D eigenvalue weighted by Gasteiger charge is 2.19. The van der Waals surface area contributed by atoms with Crippen LogP contribution < -0.4 is 14.8 Å². The van der Waals surface area contributed by atoms with E-state index in [1.165, 1.54) is 0 Å². The maximum absolute atomic E-state index is 12.2. The molecule has 6 nitrogen and oxygen atoms in total. The Morgan fingerprint density at radius 3 is 2.73 bits per heavy atom. The molecule has 0 saturated heterocycles. The van der Waals surface area contributed by atoms with Gasteiger partial charge in [-0.2, -0.15) is 0 Å². The molecule has 2 aromatic carbocycles. The summed E-state index contributed by atoms with van der Waals surface area (Å²) in [6.45, 7) is 2.07. The molecule has 0 aliphatic carbocycles. The molecule has 0 saturated carbocycles. The first-order chi connectivity index (χ1) is 12.7. The van der Waals surface area contributed by atoms with Crippen LogP contribution in [0.5, 0.6) is 11.5 Å². The first-order valence-corrected chi connectivity index (χ1v) is 8.28. The van der Waals surface area contributed by atoms with Gasteiger partial charge in [-0.1, -0.05) is 30.3 Å². The minimum atomic E-state index is -0.576. The zero-order valence-electron chi connectivity index (χ0n) is 14.4. The number of esters is 1. The standard InChI is InChI=1S/C20H19NO5/c1-2-24-18-10-6-4-8-16(18)21-19(22)13-26-20(23)15-11-14-7-3-5-9-17(14)25-12-15/h3-11H,2,12-13H2,1H3,(H,21,22). The van der Waals surface area contributed by atoms with Gasteiger partial charge in [0.05, 0.1) is 17.9 Å². The van der Waals surface area contributed by atoms with E-state index in [9.17, 15) is 9.59 Å². The van der Waals surface area contributed by atoms with Gasteiger partial charge in [-0.15, -0.1) is 0 Å².